The summed E-state index contributed by atoms with van der Waals surface area (Å²) in [5.74, 6) is 0.645. The van der Waals surface area contributed by atoms with E-state index in [1.807, 2.05) is 72.9 Å². The van der Waals surface area contributed by atoms with Crippen molar-refractivity contribution in [3.63, 3.8) is 0 Å². The lowest BCUT2D eigenvalue weighted by atomic mass is 9.94. The number of benzene rings is 6. The maximum atomic E-state index is 6.75. The molecule has 0 N–H and O–H groups in total. The van der Waals surface area contributed by atoms with Gasteiger partial charge in [-0.05, 0) is 53.6 Å². The van der Waals surface area contributed by atoms with Crippen LogP contribution in [0.3, 0.4) is 0 Å². The summed E-state index contributed by atoms with van der Waals surface area (Å²) in [4.78, 5) is 14.7. The minimum Gasteiger partial charge on any atom is -0.456 e. The minimum absolute atomic E-state index is 0.645. The van der Waals surface area contributed by atoms with Gasteiger partial charge in [0.05, 0.1) is 11.4 Å². The first-order chi connectivity index (χ1) is 24.8. The molecule has 0 spiro atoms. The Hall–Kier alpha value is -6.85. The normalized spacial score (nSPS) is 11.6. The molecule has 5 nitrogen and oxygen atoms in total. The molecule has 50 heavy (non-hydrogen) atoms. The Morgan fingerprint density at radius 2 is 1.06 bits per heavy atom. The lowest BCUT2D eigenvalue weighted by molar-refractivity contribution is 0.668. The van der Waals surface area contributed by atoms with Crippen molar-refractivity contribution in [1.82, 2.24) is 15.0 Å². The van der Waals surface area contributed by atoms with Gasteiger partial charge in [-0.3, -0.25) is 4.98 Å². The van der Waals surface area contributed by atoms with Gasteiger partial charge in [0.15, 0.2) is 5.82 Å². The topological polar surface area (TPSA) is 65.0 Å². The van der Waals surface area contributed by atoms with E-state index in [0.29, 0.717) is 5.82 Å². The lowest BCUT2D eigenvalue weighted by Gasteiger charge is -2.12. The Labute approximate surface area is 287 Å². The summed E-state index contributed by atoms with van der Waals surface area (Å²) in [5.41, 5.74) is 12.1. The average molecular weight is 642 g/mol. The molecule has 0 bridgehead atoms. The molecule has 5 heteroatoms. The SMILES string of the molecule is c1ccc(-c2cc(-c3ccc(-c4cccc5oc6ccccc6c45)c4oc5ccccc5c34)nc(-c3cccc(-c4cccnc4)c3)n2)cc1. The van der Waals surface area contributed by atoms with Crippen molar-refractivity contribution in [1.29, 1.82) is 0 Å². The van der Waals surface area contributed by atoms with Gasteiger partial charge in [-0.1, -0.05) is 109 Å². The summed E-state index contributed by atoms with van der Waals surface area (Å²) in [6.45, 7) is 0. The molecule has 4 heterocycles. The van der Waals surface area contributed by atoms with Crippen molar-refractivity contribution < 1.29 is 8.83 Å². The summed E-state index contributed by atoms with van der Waals surface area (Å²) in [5, 5.41) is 4.19. The minimum atomic E-state index is 0.645. The van der Waals surface area contributed by atoms with E-state index in [4.69, 9.17) is 18.8 Å². The van der Waals surface area contributed by atoms with Crippen LogP contribution in [0.2, 0.25) is 0 Å². The third-order valence-corrected chi connectivity index (χ3v) is 9.41. The van der Waals surface area contributed by atoms with Crippen LogP contribution in [-0.4, -0.2) is 15.0 Å². The van der Waals surface area contributed by atoms with Gasteiger partial charge < -0.3 is 8.83 Å². The second-order valence-corrected chi connectivity index (χ2v) is 12.4. The average Bonchev–Trinajstić information content (AvgIpc) is 3.77. The van der Waals surface area contributed by atoms with Crippen LogP contribution in [0.4, 0.5) is 0 Å². The molecule has 0 aliphatic carbocycles. The Morgan fingerprint density at radius 3 is 1.90 bits per heavy atom. The molecule has 6 aromatic carbocycles. The van der Waals surface area contributed by atoms with Crippen LogP contribution in [-0.2, 0) is 0 Å². The van der Waals surface area contributed by atoms with Crippen LogP contribution < -0.4 is 0 Å². The van der Waals surface area contributed by atoms with E-state index in [9.17, 15) is 0 Å². The molecule has 0 fully saturated rings. The summed E-state index contributed by atoms with van der Waals surface area (Å²) < 4.78 is 13.0. The van der Waals surface area contributed by atoms with E-state index < -0.39 is 0 Å². The first-order valence-electron chi connectivity index (χ1n) is 16.6. The van der Waals surface area contributed by atoms with E-state index in [1.165, 1.54) is 0 Å². The highest BCUT2D eigenvalue weighted by molar-refractivity contribution is 6.20. The zero-order valence-corrected chi connectivity index (χ0v) is 26.7. The van der Waals surface area contributed by atoms with Gasteiger partial charge in [0.1, 0.15) is 22.3 Å². The van der Waals surface area contributed by atoms with Gasteiger partial charge in [0, 0.05) is 61.8 Å². The summed E-state index contributed by atoms with van der Waals surface area (Å²) in [6.07, 6.45) is 3.66. The third kappa shape index (κ3) is 4.60. The molecule has 0 aliphatic heterocycles. The monoisotopic (exact) mass is 641 g/mol. The van der Waals surface area contributed by atoms with Crippen molar-refractivity contribution in [2.45, 2.75) is 0 Å². The fraction of sp³-hybridized carbons (Fsp3) is 0. The summed E-state index contributed by atoms with van der Waals surface area (Å²) in [6, 6.07) is 51.7. The van der Waals surface area contributed by atoms with E-state index in [-0.39, 0.29) is 0 Å². The molecule has 0 radical (unpaired) electrons. The van der Waals surface area contributed by atoms with Gasteiger partial charge in [-0.25, -0.2) is 9.97 Å². The van der Waals surface area contributed by atoms with Crippen molar-refractivity contribution in [3.8, 4) is 56.2 Å². The fourth-order valence-corrected chi connectivity index (χ4v) is 7.10. The Bertz CT molecular complexity index is 2870. The number of hydrogen-bond acceptors (Lipinski definition) is 5. The quantitative estimate of drug-likeness (QED) is 0.187. The van der Waals surface area contributed by atoms with Crippen LogP contribution in [0, 0.1) is 0 Å². The van der Waals surface area contributed by atoms with Crippen molar-refractivity contribution in [2.24, 2.45) is 0 Å². The zero-order chi connectivity index (χ0) is 33.0. The first-order valence-corrected chi connectivity index (χ1v) is 16.6. The Morgan fingerprint density at radius 1 is 0.400 bits per heavy atom. The molecule has 0 saturated heterocycles. The number of fused-ring (bicyclic) bond motifs is 6. The molecule has 0 amide bonds. The van der Waals surface area contributed by atoms with Crippen LogP contribution in [0.5, 0.6) is 0 Å². The molecule has 0 aliphatic rings. The second kappa shape index (κ2) is 11.4. The Kier molecular flexibility index (Phi) is 6.42. The lowest BCUT2D eigenvalue weighted by Crippen LogP contribution is -1.97. The second-order valence-electron chi connectivity index (χ2n) is 12.4. The molecule has 0 unspecified atom stereocenters. The van der Waals surface area contributed by atoms with Crippen molar-refractivity contribution in [2.75, 3.05) is 0 Å². The molecular weight excluding hydrogens is 615 g/mol. The molecule has 0 saturated carbocycles. The van der Waals surface area contributed by atoms with E-state index in [1.54, 1.807) is 6.20 Å². The molecule has 10 aromatic rings. The maximum Gasteiger partial charge on any atom is 0.160 e. The number of aromatic nitrogens is 3. The van der Waals surface area contributed by atoms with Gasteiger partial charge >= 0.3 is 0 Å². The number of hydrogen-bond donors (Lipinski definition) is 0. The highest BCUT2D eigenvalue weighted by Gasteiger charge is 2.22. The van der Waals surface area contributed by atoms with Crippen molar-refractivity contribution in [3.05, 3.63) is 164 Å². The van der Waals surface area contributed by atoms with Crippen LogP contribution >= 0.6 is 0 Å². The smallest absolute Gasteiger partial charge is 0.160 e. The van der Waals surface area contributed by atoms with Crippen LogP contribution in [0.25, 0.3) is 100 Å². The first kappa shape index (κ1) is 28.2. The van der Waals surface area contributed by atoms with Gasteiger partial charge in [0.2, 0.25) is 0 Å². The van der Waals surface area contributed by atoms with Gasteiger partial charge in [-0.2, -0.15) is 0 Å². The van der Waals surface area contributed by atoms with Gasteiger partial charge in [-0.15, -0.1) is 0 Å². The largest absolute Gasteiger partial charge is 0.456 e. The molecule has 0 atom stereocenters. The number of para-hydroxylation sites is 2. The van der Waals surface area contributed by atoms with Gasteiger partial charge in [0.25, 0.3) is 0 Å². The maximum absolute atomic E-state index is 6.75. The van der Waals surface area contributed by atoms with Crippen LogP contribution in [0.1, 0.15) is 0 Å². The zero-order valence-electron chi connectivity index (χ0n) is 26.7. The fourth-order valence-electron chi connectivity index (χ4n) is 7.10. The molecule has 4 aromatic heterocycles. The molecule has 234 valence electrons. The number of furan rings is 2. The highest BCUT2D eigenvalue weighted by atomic mass is 16.3. The van der Waals surface area contributed by atoms with Crippen LogP contribution in [0.15, 0.2) is 173 Å². The van der Waals surface area contributed by atoms with E-state index in [2.05, 4.69) is 89.9 Å². The number of rotatable bonds is 5. The van der Waals surface area contributed by atoms with E-state index >= 15 is 0 Å². The number of nitrogens with zero attached hydrogens (tertiary/aromatic N) is 3. The van der Waals surface area contributed by atoms with E-state index in [0.717, 1.165) is 94.2 Å². The predicted octanol–water partition coefficient (Wildman–Crippen LogP) is 12.0. The molecule has 10 rings (SSSR count). The third-order valence-electron chi connectivity index (χ3n) is 9.41. The molecular formula is C45H27N3O2. The standard InChI is InChI=1S/C45H27N3O2/c1-2-11-28(12-3-1)37-26-38(48-45(47-37)30-14-8-13-29(25-30)31-15-10-24-46-27-31)34-23-22-33(44-43(34)36-17-5-7-20-40(36)50-44)32-18-9-21-41-42(32)35-16-4-6-19-39(35)49-41/h1-27H. The summed E-state index contributed by atoms with van der Waals surface area (Å²) >= 11 is 0. The number of pyridine rings is 1. The summed E-state index contributed by atoms with van der Waals surface area (Å²) in [7, 11) is 0. The Balaban J connectivity index is 1.23. The van der Waals surface area contributed by atoms with Crippen molar-refractivity contribution >= 4 is 43.9 Å². The predicted molar refractivity (Wildman–Crippen MR) is 202 cm³/mol. The highest BCUT2D eigenvalue weighted by Crippen LogP contribution is 2.45.